The molecule has 9 nitrogen and oxygen atoms in total. The summed E-state index contributed by atoms with van der Waals surface area (Å²) in [6, 6.07) is 0. The number of carbonyl (C=O) groups excluding carboxylic acids is 2. The van der Waals surface area contributed by atoms with Crippen LogP contribution in [0.25, 0.3) is 0 Å². The zero-order chi connectivity index (χ0) is 40.0. The molecule has 0 bridgehead atoms. The highest BCUT2D eigenvalue weighted by atomic mass is 31.2. The molecule has 2 unspecified atom stereocenters. The fourth-order valence-corrected chi connectivity index (χ4v) is 6.15. The third-order valence-corrected chi connectivity index (χ3v) is 9.82. The van der Waals surface area contributed by atoms with E-state index in [0.717, 1.165) is 96.3 Å². The van der Waals surface area contributed by atoms with Crippen LogP contribution in [-0.2, 0) is 32.7 Å². The summed E-state index contributed by atoms with van der Waals surface area (Å²) in [6.45, 7) is 4.31. The van der Waals surface area contributed by atoms with Gasteiger partial charge in [0.05, 0.1) is 27.7 Å². The van der Waals surface area contributed by atoms with E-state index in [1.807, 2.05) is 21.1 Å². The van der Waals surface area contributed by atoms with Crippen LogP contribution in [0.5, 0.6) is 0 Å². The fraction of sp³-hybridized carbons (Fsp3) is 0.773. The van der Waals surface area contributed by atoms with Crippen molar-refractivity contribution in [3.63, 3.8) is 0 Å². The molecular formula is C44H81NO8P+. The molecular weight excluding hydrogens is 701 g/mol. The molecule has 0 amide bonds. The molecule has 0 aromatic carbocycles. The Morgan fingerprint density at radius 1 is 0.574 bits per heavy atom. The van der Waals surface area contributed by atoms with Gasteiger partial charge in [0.25, 0.3) is 0 Å². The Bertz CT molecular complexity index is 1070. The van der Waals surface area contributed by atoms with Crippen molar-refractivity contribution >= 4 is 19.8 Å². The van der Waals surface area contributed by atoms with Gasteiger partial charge in [0.1, 0.15) is 19.8 Å². The number of likely N-dealkylation sites (N-methyl/N-ethyl adjacent to an activating group) is 1. The lowest BCUT2D eigenvalue weighted by Gasteiger charge is -2.24. The van der Waals surface area contributed by atoms with E-state index in [1.165, 1.54) is 38.5 Å². The van der Waals surface area contributed by atoms with Crippen LogP contribution >= 0.6 is 7.82 Å². The van der Waals surface area contributed by atoms with E-state index in [1.54, 1.807) is 0 Å². The number of hydrogen-bond acceptors (Lipinski definition) is 7. The first kappa shape index (κ1) is 52.0. The number of nitrogens with zero attached hydrogens (tertiary/aromatic N) is 1. The van der Waals surface area contributed by atoms with E-state index >= 15 is 0 Å². The third-order valence-electron chi connectivity index (χ3n) is 8.83. The molecule has 0 saturated heterocycles. The molecule has 0 rings (SSSR count). The first-order valence-electron chi connectivity index (χ1n) is 21.4. The Hall–Kier alpha value is -2.03. The van der Waals surface area contributed by atoms with Crippen LogP contribution in [0.4, 0.5) is 0 Å². The van der Waals surface area contributed by atoms with Gasteiger partial charge in [0.15, 0.2) is 6.10 Å². The average Bonchev–Trinajstić information content (AvgIpc) is 3.12. The summed E-state index contributed by atoms with van der Waals surface area (Å²) in [5, 5.41) is 0. The van der Waals surface area contributed by atoms with Gasteiger partial charge in [0.2, 0.25) is 0 Å². The standard InChI is InChI=1S/C44H80NO8P/c1-6-8-10-12-14-16-18-19-20-21-22-23-24-25-27-29-31-33-35-37-44(47)53-42(41-52-54(48,49)51-39-38-45(3,4)5)40-50-43(46)36-34-32-30-28-26-17-15-13-11-9-7-2/h13-16,19-20,22-23,42H,6-12,17-18,21,24-41H2,1-5H3/p+1/b15-13-,16-14-,20-19-,23-22-. The lowest BCUT2D eigenvalue weighted by Crippen LogP contribution is -2.37. The number of phosphoric acid groups is 1. The molecule has 0 aliphatic rings. The maximum atomic E-state index is 12.7. The Kier molecular flexibility index (Phi) is 35.2. The van der Waals surface area contributed by atoms with Gasteiger partial charge in [-0.05, 0) is 70.6 Å². The summed E-state index contributed by atoms with van der Waals surface area (Å²) < 4.78 is 34.2. The zero-order valence-electron chi connectivity index (χ0n) is 35.2. The number of esters is 2. The van der Waals surface area contributed by atoms with Crippen LogP contribution in [0.3, 0.4) is 0 Å². The van der Waals surface area contributed by atoms with Gasteiger partial charge in [0, 0.05) is 12.8 Å². The maximum Gasteiger partial charge on any atom is 0.472 e. The van der Waals surface area contributed by atoms with Crippen molar-refractivity contribution < 1.29 is 42.1 Å². The number of hydrogen-bond donors (Lipinski definition) is 1. The summed E-state index contributed by atoms with van der Waals surface area (Å²) in [7, 11) is 1.46. The Morgan fingerprint density at radius 2 is 1.02 bits per heavy atom. The summed E-state index contributed by atoms with van der Waals surface area (Å²) in [5.74, 6) is -0.828. The minimum Gasteiger partial charge on any atom is -0.462 e. The second-order valence-corrected chi connectivity index (χ2v) is 16.8. The van der Waals surface area contributed by atoms with Crippen LogP contribution in [-0.4, -0.2) is 74.9 Å². The number of carbonyl (C=O) groups is 2. The number of rotatable bonds is 38. The van der Waals surface area contributed by atoms with E-state index in [0.29, 0.717) is 17.4 Å². The van der Waals surface area contributed by atoms with E-state index in [9.17, 15) is 19.0 Å². The average molecular weight is 783 g/mol. The van der Waals surface area contributed by atoms with Crippen molar-refractivity contribution in [2.24, 2.45) is 0 Å². The lowest BCUT2D eigenvalue weighted by atomic mass is 10.1. The summed E-state index contributed by atoms with van der Waals surface area (Å²) in [6.07, 6.45) is 41.5. The minimum absolute atomic E-state index is 0.0260. The van der Waals surface area contributed by atoms with Crippen LogP contribution in [0, 0.1) is 0 Å². The molecule has 0 aromatic rings. The topological polar surface area (TPSA) is 108 Å². The van der Waals surface area contributed by atoms with Gasteiger partial charge in [-0.3, -0.25) is 18.6 Å². The first-order valence-corrected chi connectivity index (χ1v) is 22.9. The van der Waals surface area contributed by atoms with Gasteiger partial charge >= 0.3 is 19.8 Å². The van der Waals surface area contributed by atoms with Crippen molar-refractivity contribution in [1.82, 2.24) is 0 Å². The van der Waals surface area contributed by atoms with Gasteiger partial charge in [-0.2, -0.15) is 0 Å². The Balaban J connectivity index is 4.39. The molecule has 0 saturated carbocycles. The van der Waals surface area contributed by atoms with E-state index in [4.69, 9.17) is 18.5 Å². The van der Waals surface area contributed by atoms with Crippen molar-refractivity contribution in [2.75, 3.05) is 47.5 Å². The fourth-order valence-electron chi connectivity index (χ4n) is 5.41. The lowest BCUT2D eigenvalue weighted by molar-refractivity contribution is -0.870. The van der Waals surface area contributed by atoms with Gasteiger partial charge in [-0.25, -0.2) is 4.57 Å². The Morgan fingerprint density at radius 3 is 1.56 bits per heavy atom. The molecule has 0 heterocycles. The smallest absolute Gasteiger partial charge is 0.462 e. The van der Waals surface area contributed by atoms with Crippen LogP contribution in [0.15, 0.2) is 48.6 Å². The van der Waals surface area contributed by atoms with Crippen LogP contribution in [0.1, 0.15) is 168 Å². The monoisotopic (exact) mass is 783 g/mol. The van der Waals surface area contributed by atoms with Gasteiger partial charge < -0.3 is 18.9 Å². The number of phosphoric ester groups is 1. The number of allylic oxidation sites excluding steroid dienone is 8. The second kappa shape index (κ2) is 36.6. The number of ether oxygens (including phenoxy) is 2. The molecule has 54 heavy (non-hydrogen) atoms. The molecule has 0 spiro atoms. The number of quaternary nitrogens is 1. The first-order chi connectivity index (χ1) is 26.0. The third kappa shape index (κ3) is 39.7. The normalized spacial score (nSPS) is 14.1. The summed E-state index contributed by atoms with van der Waals surface area (Å²) in [5.41, 5.74) is 0. The molecule has 0 radical (unpaired) electrons. The van der Waals surface area contributed by atoms with Crippen molar-refractivity contribution in [3.05, 3.63) is 48.6 Å². The van der Waals surface area contributed by atoms with Gasteiger partial charge in [-0.15, -0.1) is 0 Å². The Labute approximate surface area is 331 Å². The minimum atomic E-state index is -4.38. The highest BCUT2D eigenvalue weighted by molar-refractivity contribution is 7.47. The SMILES string of the molecule is CCCC/C=C\CCCCCCCC(=O)OCC(COP(=O)(O)OCC[N+](C)(C)C)OC(=O)CCCCCCCC/C=C\C/C=C\C/C=C\CCCCC. The molecule has 2 atom stereocenters. The molecule has 0 aliphatic carbocycles. The molecule has 10 heteroatoms. The van der Waals surface area contributed by atoms with Crippen molar-refractivity contribution in [3.8, 4) is 0 Å². The quantitative estimate of drug-likeness (QED) is 0.0217. The van der Waals surface area contributed by atoms with Crippen molar-refractivity contribution in [1.29, 1.82) is 0 Å². The highest BCUT2D eigenvalue weighted by Crippen LogP contribution is 2.43. The van der Waals surface area contributed by atoms with E-state index in [-0.39, 0.29) is 32.0 Å². The van der Waals surface area contributed by atoms with Crippen molar-refractivity contribution in [2.45, 2.75) is 174 Å². The second-order valence-electron chi connectivity index (χ2n) is 15.4. The van der Waals surface area contributed by atoms with E-state index < -0.39 is 26.5 Å². The van der Waals surface area contributed by atoms with E-state index in [2.05, 4.69) is 62.5 Å². The molecule has 0 aliphatic heterocycles. The zero-order valence-corrected chi connectivity index (χ0v) is 36.1. The molecule has 0 fully saturated rings. The van der Waals surface area contributed by atoms with Crippen LogP contribution < -0.4 is 0 Å². The van der Waals surface area contributed by atoms with Crippen LogP contribution in [0.2, 0.25) is 0 Å². The predicted molar refractivity (Wildman–Crippen MR) is 224 cm³/mol. The highest BCUT2D eigenvalue weighted by Gasteiger charge is 2.27. The maximum absolute atomic E-state index is 12.7. The number of unbranched alkanes of at least 4 members (excludes halogenated alkanes) is 16. The molecule has 1 N–H and O–H groups in total. The molecule has 314 valence electrons. The van der Waals surface area contributed by atoms with Gasteiger partial charge in [-0.1, -0.05) is 133 Å². The summed E-state index contributed by atoms with van der Waals surface area (Å²) in [4.78, 5) is 35.3. The largest absolute Gasteiger partial charge is 0.472 e. The predicted octanol–water partition coefficient (Wildman–Crippen LogP) is 11.9. The molecule has 0 aromatic heterocycles. The summed E-state index contributed by atoms with van der Waals surface area (Å²) >= 11 is 0.